The molecule has 0 aliphatic carbocycles. The van der Waals surface area contributed by atoms with Crippen molar-refractivity contribution < 1.29 is 19.1 Å². The molecular weight excluding hydrogens is 352 g/mol. The predicted octanol–water partition coefficient (Wildman–Crippen LogP) is 3.28. The van der Waals surface area contributed by atoms with E-state index in [-0.39, 0.29) is 18.1 Å². The Balaban J connectivity index is 1.64. The van der Waals surface area contributed by atoms with Crippen molar-refractivity contribution in [3.05, 3.63) is 63.7 Å². The number of hydrogen-bond donors (Lipinski definition) is 1. The van der Waals surface area contributed by atoms with Gasteiger partial charge in [-0.25, -0.2) is 4.63 Å². The van der Waals surface area contributed by atoms with Crippen LogP contribution in [0.5, 0.6) is 5.75 Å². The molecule has 0 spiro atoms. The monoisotopic (exact) mass is 368 g/mol. The molecule has 2 aromatic carbocycles. The second kappa shape index (κ2) is 7.65. The summed E-state index contributed by atoms with van der Waals surface area (Å²) in [6.07, 6.45) is 0. The summed E-state index contributed by atoms with van der Waals surface area (Å²) < 4.78 is 10.1. The van der Waals surface area contributed by atoms with Crippen molar-refractivity contribution in [2.45, 2.75) is 13.8 Å². The molecule has 138 valence electrons. The van der Waals surface area contributed by atoms with E-state index in [1.165, 1.54) is 24.3 Å². The highest BCUT2D eigenvalue weighted by molar-refractivity contribution is 5.94. The van der Waals surface area contributed by atoms with Crippen molar-refractivity contribution in [2.24, 2.45) is 0 Å². The number of ether oxygens (including phenoxy) is 1. The number of amides is 1. The molecule has 0 atom stereocenters. The fourth-order valence-corrected chi connectivity index (χ4v) is 2.33. The van der Waals surface area contributed by atoms with Gasteiger partial charge in [0.1, 0.15) is 5.75 Å². The molecule has 0 saturated carbocycles. The third-order valence-electron chi connectivity index (χ3n) is 3.94. The Morgan fingerprint density at radius 1 is 1.15 bits per heavy atom. The molecular formula is C18H16N4O5. The second-order valence-electron chi connectivity index (χ2n) is 5.85. The highest BCUT2D eigenvalue weighted by Gasteiger charge is 2.16. The number of hydrogen-bond acceptors (Lipinski definition) is 7. The molecule has 9 nitrogen and oxygen atoms in total. The molecule has 0 radical (unpaired) electrons. The predicted molar refractivity (Wildman–Crippen MR) is 96.4 cm³/mol. The maximum absolute atomic E-state index is 12.1. The molecule has 1 heterocycles. The van der Waals surface area contributed by atoms with Gasteiger partial charge in [-0.1, -0.05) is 12.1 Å². The minimum Gasteiger partial charge on any atom is -0.484 e. The Morgan fingerprint density at radius 3 is 2.56 bits per heavy atom. The summed E-state index contributed by atoms with van der Waals surface area (Å²) in [5.74, 6) is 0.0631. The van der Waals surface area contributed by atoms with Crippen LogP contribution in [0.15, 0.2) is 47.1 Å². The van der Waals surface area contributed by atoms with Gasteiger partial charge in [-0.05, 0) is 53.5 Å². The number of benzene rings is 2. The zero-order chi connectivity index (χ0) is 19.4. The van der Waals surface area contributed by atoms with Crippen LogP contribution in [0.4, 0.5) is 11.5 Å². The average Bonchev–Trinajstić information content (AvgIpc) is 3.10. The smallest absolute Gasteiger partial charge is 0.269 e. The molecule has 1 amide bonds. The molecule has 1 aromatic heterocycles. The number of carbonyl (C=O) groups is 1. The Bertz CT molecular complexity index is 982. The first kappa shape index (κ1) is 18.1. The van der Waals surface area contributed by atoms with Crippen LogP contribution in [-0.4, -0.2) is 27.8 Å². The lowest BCUT2D eigenvalue weighted by atomic mass is 10.0. The first-order valence-electron chi connectivity index (χ1n) is 8.01. The summed E-state index contributed by atoms with van der Waals surface area (Å²) in [5, 5.41) is 20.8. The van der Waals surface area contributed by atoms with Crippen LogP contribution in [0.3, 0.4) is 0 Å². The van der Waals surface area contributed by atoms with Crippen LogP contribution in [-0.2, 0) is 4.79 Å². The number of carbonyl (C=O) groups excluding carboxylic acids is 1. The van der Waals surface area contributed by atoms with Gasteiger partial charge in [0.2, 0.25) is 5.82 Å². The van der Waals surface area contributed by atoms with Crippen molar-refractivity contribution in [3.63, 3.8) is 0 Å². The standard InChI is InChI=1S/C18H16N4O5/c1-11-3-4-13(9-12(11)2)17-18(21-27-20-17)19-16(23)10-26-15-7-5-14(6-8-15)22(24)25/h3-9H,10H2,1-2H3,(H,19,21,23). The van der Waals surface area contributed by atoms with E-state index in [1.54, 1.807) is 0 Å². The number of rotatable bonds is 6. The van der Waals surface area contributed by atoms with Crippen LogP contribution < -0.4 is 10.1 Å². The topological polar surface area (TPSA) is 120 Å². The van der Waals surface area contributed by atoms with Crippen molar-refractivity contribution in [2.75, 3.05) is 11.9 Å². The van der Waals surface area contributed by atoms with E-state index in [0.29, 0.717) is 11.4 Å². The zero-order valence-electron chi connectivity index (χ0n) is 14.6. The highest BCUT2D eigenvalue weighted by Crippen LogP contribution is 2.26. The third-order valence-corrected chi connectivity index (χ3v) is 3.94. The number of nitro benzene ring substituents is 1. The molecule has 0 saturated heterocycles. The van der Waals surface area contributed by atoms with Crippen molar-refractivity contribution in [1.82, 2.24) is 10.3 Å². The first-order valence-corrected chi connectivity index (χ1v) is 8.01. The Morgan fingerprint density at radius 2 is 1.89 bits per heavy atom. The molecule has 0 bridgehead atoms. The maximum atomic E-state index is 12.1. The van der Waals surface area contributed by atoms with E-state index in [2.05, 4.69) is 15.6 Å². The van der Waals surface area contributed by atoms with Crippen molar-refractivity contribution in [3.8, 4) is 17.0 Å². The van der Waals surface area contributed by atoms with Gasteiger partial charge < -0.3 is 10.1 Å². The second-order valence-corrected chi connectivity index (χ2v) is 5.85. The third kappa shape index (κ3) is 4.27. The Labute approximate surface area is 154 Å². The van der Waals surface area contributed by atoms with Gasteiger partial charge in [0, 0.05) is 17.7 Å². The van der Waals surface area contributed by atoms with E-state index < -0.39 is 10.8 Å². The zero-order valence-corrected chi connectivity index (χ0v) is 14.6. The summed E-state index contributed by atoms with van der Waals surface area (Å²) >= 11 is 0. The van der Waals surface area contributed by atoms with Crippen LogP contribution >= 0.6 is 0 Å². The molecule has 0 aliphatic heterocycles. The van der Waals surface area contributed by atoms with E-state index in [9.17, 15) is 14.9 Å². The minimum absolute atomic E-state index is 0.0569. The first-order chi connectivity index (χ1) is 12.9. The largest absolute Gasteiger partial charge is 0.484 e. The van der Waals surface area contributed by atoms with Crippen LogP contribution in [0, 0.1) is 24.0 Å². The van der Waals surface area contributed by atoms with Gasteiger partial charge in [0.05, 0.1) is 4.92 Å². The number of non-ortho nitro benzene ring substituents is 1. The van der Waals surface area contributed by atoms with Gasteiger partial charge in [0.15, 0.2) is 12.3 Å². The van der Waals surface area contributed by atoms with E-state index in [4.69, 9.17) is 9.37 Å². The molecule has 1 N–H and O–H groups in total. The SMILES string of the molecule is Cc1ccc(-c2nonc2NC(=O)COc2ccc([N+](=O)[O-])cc2)cc1C. The molecule has 27 heavy (non-hydrogen) atoms. The molecule has 0 aliphatic rings. The van der Waals surface area contributed by atoms with Crippen LogP contribution in [0.1, 0.15) is 11.1 Å². The van der Waals surface area contributed by atoms with Gasteiger partial charge in [-0.15, -0.1) is 0 Å². The van der Waals surface area contributed by atoms with E-state index in [1.807, 2.05) is 32.0 Å². The summed E-state index contributed by atoms with van der Waals surface area (Å²) in [6.45, 7) is 3.68. The fourth-order valence-electron chi connectivity index (χ4n) is 2.33. The summed E-state index contributed by atoms with van der Waals surface area (Å²) in [5.41, 5.74) is 3.35. The van der Waals surface area contributed by atoms with Crippen LogP contribution in [0.25, 0.3) is 11.3 Å². The van der Waals surface area contributed by atoms with Gasteiger partial charge in [-0.2, -0.15) is 0 Å². The average molecular weight is 368 g/mol. The lowest BCUT2D eigenvalue weighted by Gasteiger charge is -2.07. The summed E-state index contributed by atoms with van der Waals surface area (Å²) in [7, 11) is 0. The number of nitro groups is 1. The highest BCUT2D eigenvalue weighted by atomic mass is 16.6. The number of aryl methyl sites for hydroxylation is 2. The lowest BCUT2D eigenvalue weighted by Crippen LogP contribution is -2.20. The van der Waals surface area contributed by atoms with E-state index >= 15 is 0 Å². The molecule has 9 heteroatoms. The number of aromatic nitrogens is 2. The fraction of sp³-hybridized carbons (Fsp3) is 0.167. The molecule has 3 rings (SSSR count). The maximum Gasteiger partial charge on any atom is 0.269 e. The van der Waals surface area contributed by atoms with Crippen molar-refractivity contribution >= 4 is 17.4 Å². The molecule has 0 fully saturated rings. The van der Waals surface area contributed by atoms with Gasteiger partial charge >= 0.3 is 0 Å². The Kier molecular flexibility index (Phi) is 5.11. The Hall–Kier alpha value is -3.75. The summed E-state index contributed by atoms with van der Waals surface area (Å²) in [4.78, 5) is 22.2. The number of nitrogens with one attached hydrogen (secondary N) is 1. The van der Waals surface area contributed by atoms with Crippen molar-refractivity contribution in [1.29, 1.82) is 0 Å². The van der Waals surface area contributed by atoms with Crippen LogP contribution in [0.2, 0.25) is 0 Å². The molecule has 0 unspecified atom stereocenters. The minimum atomic E-state index is -0.512. The lowest BCUT2D eigenvalue weighted by molar-refractivity contribution is -0.384. The van der Waals surface area contributed by atoms with Gasteiger partial charge in [0.25, 0.3) is 11.6 Å². The van der Waals surface area contributed by atoms with E-state index in [0.717, 1.165) is 16.7 Å². The van der Waals surface area contributed by atoms with Gasteiger partial charge in [-0.3, -0.25) is 14.9 Å². The molecule has 3 aromatic rings. The number of nitrogens with zero attached hydrogens (tertiary/aromatic N) is 3. The normalized spacial score (nSPS) is 10.4. The summed E-state index contributed by atoms with van der Waals surface area (Å²) in [6, 6.07) is 11.2. The quantitative estimate of drug-likeness (QED) is 0.523. The number of anilines is 1.